The van der Waals surface area contributed by atoms with Crippen LogP contribution in [0.15, 0.2) is 4.52 Å². The van der Waals surface area contributed by atoms with E-state index in [2.05, 4.69) is 10.5 Å². The van der Waals surface area contributed by atoms with E-state index >= 15 is 0 Å². The Bertz CT molecular complexity index is 321. The maximum absolute atomic E-state index is 9.65. The molecule has 6 nitrogen and oxygen atoms in total. The molecule has 0 radical (unpaired) electrons. The summed E-state index contributed by atoms with van der Waals surface area (Å²) in [7, 11) is 1.62. The molecular weight excluding hydrogens is 236 g/mol. The molecule has 0 aliphatic heterocycles. The zero-order valence-corrected chi connectivity index (χ0v) is 11.2. The summed E-state index contributed by atoms with van der Waals surface area (Å²) in [6.07, 6.45) is -0.526. The average Bonchev–Trinajstić information content (AvgIpc) is 2.66. The van der Waals surface area contributed by atoms with E-state index in [9.17, 15) is 5.11 Å². The van der Waals surface area contributed by atoms with Crippen molar-refractivity contribution >= 4 is 0 Å². The summed E-state index contributed by atoms with van der Waals surface area (Å²) in [6.45, 7) is 6.22. The number of methoxy groups -OCH3 is 1. The van der Waals surface area contributed by atoms with Gasteiger partial charge in [0.25, 0.3) is 0 Å². The molecule has 0 aliphatic carbocycles. The molecular formula is C12H22N2O4. The van der Waals surface area contributed by atoms with Gasteiger partial charge in [0.2, 0.25) is 0 Å². The van der Waals surface area contributed by atoms with E-state index in [0.29, 0.717) is 32.9 Å². The van der Waals surface area contributed by atoms with Crippen molar-refractivity contribution in [3.63, 3.8) is 0 Å². The summed E-state index contributed by atoms with van der Waals surface area (Å²) in [5, 5.41) is 16.7. The second-order valence-electron chi connectivity index (χ2n) is 4.16. The van der Waals surface area contributed by atoms with E-state index in [-0.39, 0.29) is 0 Å². The average molecular weight is 258 g/mol. The third-order valence-electron chi connectivity index (χ3n) is 2.60. The first-order chi connectivity index (χ1) is 8.65. The molecule has 1 rings (SSSR count). The van der Waals surface area contributed by atoms with Gasteiger partial charge < -0.3 is 24.4 Å². The zero-order valence-electron chi connectivity index (χ0n) is 11.2. The normalized spacial score (nSPS) is 12.9. The van der Waals surface area contributed by atoms with Crippen LogP contribution in [0.25, 0.3) is 0 Å². The van der Waals surface area contributed by atoms with Gasteiger partial charge in [0, 0.05) is 25.8 Å². The summed E-state index contributed by atoms with van der Waals surface area (Å²) in [5.74, 6) is 0.811. The Labute approximate surface area is 107 Å². The number of aryl methyl sites for hydroxylation is 2. The molecule has 1 aromatic heterocycles. The lowest BCUT2D eigenvalue weighted by Crippen LogP contribution is -2.30. The monoisotopic (exact) mass is 258 g/mol. The number of hydrogen-bond donors (Lipinski definition) is 2. The molecule has 0 aliphatic rings. The highest BCUT2D eigenvalue weighted by molar-refractivity contribution is 5.20. The van der Waals surface area contributed by atoms with Gasteiger partial charge in [-0.15, -0.1) is 0 Å². The highest BCUT2D eigenvalue weighted by atomic mass is 16.5. The Morgan fingerprint density at radius 1 is 1.39 bits per heavy atom. The topological polar surface area (TPSA) is 76.8 Å². The fourth-order valence-electron chi connectivity index (χ4n) is 1.54. The van der Waals surface area contributed by atoms with Crippen LogP contribution in [0.5, 0.6) is 0 Å². The number of nitrogens with zero attached hydrogens (tertiary/aromatic N) is 1. The highest BCUT2D eigenvalue weighted by Gasteiger charge is 2.09. The molecule has 0 saturated carbocycles. The van der Waals surface area contributed by atoms with E-state index in [4.69, 9.17) is 14.0 Å². The molecule has 1 unspecified atom stereocenters. The van der Waals surface area contributed by atoms with Gasteiger partial charge in [0.15, 0.2) is 0 Å². The van der Waals surface area contributed by atoms with Gasteiger partial charge in [-0.3, -0.25) is 0 Å². The first kappa shape index (κ1) is 15.1. The summed E-state index contributed by atoms with van der Waals surface area (Å²) < 4.78 is 15.1. The van der Waals surface area contributed by atoms with Crippen LogP contribution in [0.2, 0.25) is 0 Å². The van der Waals surface area contributed by atoms with Crippen LogP contribution >= 0.6 is 0 Å². The standard InChI is InChI=1S/C12H22N2O4/c1-9-12(10(2)18-14-9)7-13-6-11(15)8-17-5-4-16-3/h11,13,15H,4-8H2,1-3H3. The SMILES string of the molecule is COCCOCC(O)CNCc1c(C)noc1C. The van der Waals surface area contributed by atoms with Gasteiger partial charge in [-0.05, 0) is 13.8 Å². The minimum Gasteiger partial charge on any atom is -0.389 e. The zero-order chi connectivity index (χ0) is 13.4. The van der Waals surface area contributed by atoms with Crippen molar-refractivity contribution in [1.82, 2.24) is 10.5 Å². The number of aromatic nitrogens is 1. The van der Waals surface area contributed by atoms with Crippen LogP contribution in [0, 0.1) is 13.8 Å². The number of hydrogen-bond acceptors (Lipinski definition) is 6. The number of aliphatic hydroxyl groups is 1. The maximum atomic E-state index is 9.65. The van der Waals surface area contributed by atoms with E-state index < -0.39 is 6.10 Å². The van der Waals surface area contributed by atoms with E-state index in [1.54, 1.807) is 7.11 Å². The molecule has 1 atom stereocenters. The number of ether oxygens (including phenoxy) is 2. The van der Waals surface area contributed by atoms with Crippen molar-refractivity contribution in [2.45, 2.75) is 26.5 Å². The molecule has 104 valence electrons. The van der Waals surface area contributed by atoms with Gasteiger partial charge in [0.05, 0.1) is 31.6 Å². The first-order valence-electron chi connectivity index (χ1n) is 6.02. The lowest BCUT2D eigenvalue weighted by molar-refractivity contribution is 0.0137. The highest BCUT2D eigenvalue weighted by Crippen LogP contribution is 2.11. The van der Waals surface area contributed by atoms with Gasteiger partial charge in [-0.2, -0.15) is 0 Å². The Morgan fingerprint density at radius 2 is 2.17 bits per heavy atom. The van der Waals surface area contributed by atoms with Gasteiger partial charge in [-0.25, -0.2) is 0 Å². The van der Waals surface area contributed by atoms with Crippen molar-refractivity contribution in [3.8, 4) is 0 Å². The lowest BCUT2D eigenvalue weighted by Gasteiger charge is -2.12. The Morgan fingerprint density at radius 3 is 2.78 bits per heavy atom. The third kappa shape index (κ3) is 5.14. The minimum atomic E-state index is -0.526. The van der Waals surface area contributed by atoms with Crippen LogP contribution in [-0.4, -0.2) is 49.8 Å². The van der Waals surface area contributed by atoms with E-state index in [1.165, 1.54) is 0 Å². The predicted octanol–water partition coefficient (Wildman–Crippen LogP) is 0.405. The van der Waals surface area contributed by atoms with E-state index in [1.807, 2.05) is 13.8 Å². The quantitative estimate of drug-likeness (QED) is 0.625. The Hall–Kier alpha value is -0.950. The molecule has 6 heteroatoms. The molecule has 0 aromatic carbocycles. The van der Waals surface area contributed by atoms with Crippen molar-refractivity contribution in [2.24, 2.45) is 0 Å². The van der Waals surface area contributed by atoms with Crippen molar-refractivity contribution in [3.05, 3.63) is 17.0 Å². The molecule has 1 aromatic rings. The number of aliphatic hydroxyl groups excluding tert-OH is 1. The van der Waals surface area contributed by atoms with Crippen molar-refractivity contribution in [1.29, 1.82) is 0 Å². The first-order valence-corrected chi connectivity index (χ1v) is 6.02. The second kappa shape index (κ2) is 8.20. The molecule has 0 spiro atoms. The number of rotatable bonds is 9. The maximum Gasteiger partial charge on any atom is 0.138 e. The molecule has 2 N–H and O–H groups in total. The summed E-state index contributed by atoms with van der Waals surface area (Å²) >= 11 is 0. The van der Waals surface area contributed by atoms with Crippen LogP contribution in [0.4, 0.5) is 0 Å². The van der Waals surface area contributed by atoms with Crippen molar-refractivity contribution in [2.75, 3.05) is 33.5 Å². The van der Waals surface area contributed by atoms with Crippen LogP contribution in [0.3, 0.4) is 0 Å². The predicted molar refractivity (Wildman–Crippen MR) is 66.4 cm³/mol. The molecule has 0 bridgehead atoms. The molecule has 0 amide bonds. The smallest absolute Gasteiger partial charge is 0.138 e. The molecule has 18 heavy (non-hydrogen) atoms. The van der Waals surface area contributed by atoms with Gasteiger partial charge in [0.1, 0.15) is 5.76 Å². The Kier molecular flexibility index (Phi) is 6.89. The second-order valence-corrected chi connectivity index (χ2v) is 4.16. The largest absolute Gasteiger partial charge is 0.389 e. The molecule has 0 fully saturated rings. The fourth-order valence-corrected chi connectivity index (χ4v) is 1.54. The van der Waals surface area contributed by atoms with E-state index in [0.717, 1.165) is 17.0 Å². The molecule has 0 saturated heterocycles. The third-order valence-corrected chi connectivity index (χ3v) is 2.60. The van der Waals surface area contributed by atoms with Crippen LogP contribution in [0.1, 0.15) is 17.0 Å². The summed E-state index contributed by atoms with van der Waals surface area (Å²) in [5.41, 5.74) is 1.92. The number of nitrogens with one attached hydrogen (secondary N) is 1. The summed E-state index contributed by atoms with van der Waals surface area (Å²) in [4.78, 5) is 0. The van der Waals surface area contributed by atoms with Crippen LogP contribution < -0.4 is 5.32 Å². The van der Waals surface area contributed by atoms with Crippen molar-refractivity contribution < 1.29 is 19.1 Å². The lowest BCUT2D eigenvalue weighted by atomic mass is 10.2. The van der Waals surface area contributed by atoms with Gasteiger partial charge in [-0.1, -0.05) is 5.16 Å². The fraction of sp³-hybridized carbons (Fsp3) is 0.750. The van der Waals surface area contributed by atoms with Gasteiger partial charge >= 0.3 is 0 Å². The summed E-state index contributed by atoms with van der Waals surface area (Å²) in [6, 6.07) is 0. The molecule has 1 heterocycles. The minimum absolute atomic E-state index is 0.304. The van der Waals surface area contributed by atoms with Crippen LogP contribution in [-0.2, 0) is 16.0 Å². The Balaban J connectivity index is 2.13.